The highest BCUT2D eigenvalue weighted by Crippen LogP contribution is 2.29. The predicted molar refractivity (Wildman–Crippen MR) is 109 cm³/mol. The van der Waals surface area contributed by atoms with E-state index in [0.717, 1.165) is 5.56 Å². The summed E-state index contributed by atoms with van der Waals surface area (Å²) in [4.78, 5) is 27.1. The number of hydrogen-bond acceptors (Lipinski definition) is 5. The van der Waals surface area contributed by atoms with E-state index in [4.69, 9.17) is 14.2 Å². The molecule has 0 unspecified atom stereocenters. The Hall–Kier alpha value is -2.35. The van der Waals surface area contributed by atoms with Gasteiger partial charge in [0.05, 0.1) is 25.8 Å². The molecule has 2 heterocycles. The molecule has 8 heteroatoms. The SMILES string of the molecule is CC(C)(C)OC(=O)N1CC(F)(COC2CCN(C(=O)OCc3ccccc3)CC2)C1. The number of nitrogens with zero attached hydrogens (tertiary/aromatic N) is 2. The minimum atomic E-state index is -1.54. The van der Waals surface area contributed by atoms with Gasteiger partial charge in [-0.1, -0.05) is 30.3 Å². The van der Waals surface area contributed by atoms with Crippen LogP contribution in [0, 0.1) is 0 Å². The monoisotopic (exact) mass is 422 g/mol. The number of carbonyl (C=O) groups excluding carboxylic acids is 2. The lowest BCUT2D eigenvalue weighted by molar-refractivity contribution is -0.110. The van der Waals surface area contributed by atoms with Crippen LogP contribution in [0.2, 0.25) is 0 Å². The number of carbonyl (C=O) groups is 2. The van der Waals surface area contributed by atoms with Crippen molar-refractivity contribution in [3.05, 3.63) is 35.9 Å². The molecule has 0 spiro atoms. The third-order valence-corrected chi connectivity index (χ3v) is 5.08. The van der Waals surface area contributed by atoms with E-state index in [1.54, 1.807) is 25.7 Å². The van der Waals surface area contributed by atoms with Gasteiger partial charge in [0.2, 0.25) is 0 Å². The van der Waals surface area contributed by atoms with Crippen LogP contribution in [0.1, 0.15) is 39.2 Å². The molecule has 2 amide bonds. The van der Waals surface area contributed by atoms with Gasteiger partial charge in [0.1, 0.15) is 12.2 Å². The quantitative estimate of drug-likeness (QED) is 0.723. The first kappa shape index (κ1) is 22.3. The molecule has 2 aliphatic heterocycles. The Labute approximate surface area is 177 Å². The molecule has 166 valence electrons. The summed E-state index contributed by atoms with van der Waals surface area (Å²) in [7, 11) is 0. The Morgan fingerprint density at radius 3 is 2.30 bits per heavy atom. The van der Waals surface area contributed by atoms with Gasteiger partial charge in [0, 0.05) is 13.1 Å². The number of amides is 2. The van der Waals surface area contributed by atoms with Crippen molar-refractivity contribution in [3.8, 4) is 0 Å². The number of ether oxygens (including phenoxy) is 3. The van der Waals surface area contributed by atoms with Gasteiger partial charge >= 0.3 is 12.2 Å². The van der Waals surface area contributed by atoms with Gasteiger partial charge in [0.25, 0.3) is 0 Å². The number of halogens is 1. The highest BCUT2D eigenvalue weighted by Gasteiger charge is 2.48. The zero-order valence-corrected chi connectivity index (χ0v) is 17.9. The van der Waals surface area contributed by atoms with Gasteiger partial charge < -0.3 is 24.0 Å². The lowest BCUT2D eigenvalue weighted by Crippen LogP contribution is -2.64. The van der Waals surface area contributed by atoms with Crippen LogP contribution in [0.15, 0.2) is 30.3 Å². The number of piperidine rings is 1. The van der Waals surface area contributed by atoms with Gasteiger partial charge in [-0.05, 0) is 39.2 Å². The van der Waals surface area contributed by atoms with E-state index < -0.39 is 17.4 Å². The number of hydrogen-bond donors (Lipinski definition) is 0. The van der Waals surface area contributed by atoms with Gasteiger partial charge in [-0.25, -0.2) is 14.0 Å². The summed E-state index contributed by atoms with van der Waals surface area (Å²) in [6.45, 7) is 6.51. The lowest BCUT2D eigenvalue weighted by Gasteiger charge is -2.44. The zero-order valence-electron chi connectivity index (χ0n) is 17.9. The summed E-state index contributed by atoms with van der Waals surface area (Å²) >= 11 is 0. The molecule has 2 fully saturated rings. The lowest BCUT2D eigenvalue weighted by atomic mass is 9.97. The maximum absolute atomic E-state index is 14.7. The number of benzene rings is 1. The van der Waals surface area contributed by atoms with Crippen molar-refractivity contribution < 1.29 is 28.2 Å². The van der Waals surface area contributed by atoms with E-state index in [0.29, 0.717) is 25.9 Å². The first-order chi connectivity index (χ1) is 14.1. The Balaban J connectivity index is 1.32. The molecule has 1 aromatic carbocycles. The van der Waals surface area contributed by atoms with Gasteiger partial charge in [-0.2, -0.15) is 0 Å². The molecule has 30 heavy (non-hydrogen) atoms. The zero-order chi connectivity index (χ0) is 21.8. The fourth-order valence-electron chi connectivity index (χ4n) is 3.47. The van der Waals surface area contributed by atoms with Crippen molar-refractivity contribution in [1.29, 1.82) is 0 Å². The molecule has 2 aliphatic rings. The van der Waals surface area contributed by atoms with Crippen LogP contribution in [-0.2, 0) is 20.8 Å². The van der Waals surface area contributed by atoms with E-state index in [-0.39, 0.29) is 38.5 Å². The van der Waals surface area contributed by atoms with Crippen molar-refractivity contribution in [2.45, 2.75) is 57.6 Å². The van der Waals surface area contributed by atoms with Crippen molar-refractivity contribution in [2.75, 3.05) is 32.8 Å². The second-order valence-corrected chi connectivity index (χ2v) is 9.02. The minimum absolute atomic E-state index is 0.0213. The number of likely N-dealkylation sites (tertiary alicyclic amines) is 2. The second kappa shape index (κ2) is 9.20. The van der Waals surface area contributed by atoms with Crippen LogP contribution in [0.5, 0.6) is 0 Å². The molecule has 3 rings (SSSR count). The Bertz CT molecular complexity index is 723. The molecule has 0 aromatic heterocycles. The maximum atomic E-state index is 14.7. The van der Waals surface area contributed by atoms with Crippen LogP contribution in [0.3, 0.4) is 0 Å². The molecular formula is C22H31FN2O5. The largest absolute Gasteiger partial charge is 0.445 e. The summed E-state index contributed by atoms with van der Waals surface area (Å²) < 4.78 is 31.0. The Kier molecular flexibility index (Phi) is 6.85. The second-order valence-electron chi connectivity index (χ2n) is 9.02. The van der Waals surface area contributed by atoms with Crippen LogP contribution in [0.4, 0.5) is 14.0 Å². The van der Waals surface area contributed by atoms with Gasteiger partial charge in [0.15, 0.2) is 5.67 Å². The Morgan fingerprint density at radius 2 is 1.70 bits per heavy atom. The van der Waals surface area contributed by atoms with Crippen molar-refractivity contribution in [3.63, 3.8) is 0 Å². The van der Waals surface area contributed by atoms with E-state index in [1.165, 1.54) is 4.90 Å². The smallest absolute Gasteiger partial charge is 0.410 e. The first-order valence-corrected chi connectivity index (χ1v) is 10.4. The average Bonchev–Trinajstić information content (AvgIpc) is 2.68. The molecule has 0 radical (unpaired) electrons. The van der Waals surface area contributed by atoms with Crippen molar-refractivity contribution in [2.24, 2.45) is 0 Å². The van der Waals surface area contributed by atoms with E-state index in [9.17, 15) is 14.0 Å². The van der Waals surface area contributed by atoms with Crippen LogP contribution < -0.4 is 0 Å². The highest BCUT2D eigenvalue weighted by molar-refractivity contribution is 5.69. The highest BCUT2D eigenvalue weighted by atomic mass is 19.1. The maximum Gasteiger partial charge on any atom is 0.410 e. The van der Waals surface area contributed by atoms with E-state index >= 15 is 0 Å². The molecule has 0 saturated carbocycles. The summed E-state index contributed by atoms with van der Waals surface area (Å²) in [5, 5.41) is 0. The van der Waals surface area contributed by atoms with Gasteiger partial charge in [-0.3, -0.25) is 0 Å². The van der Waals surface area contributed by atoms with E-state index in [2.05, 4.69) is 0 Å². The third-order valence-electron chi connectivity index (χ3n) is 5.08. The Morgan fingerprint density at radius 1 is 1.07 bits per heavy atom. The molecule has 0 atom stereocenters. The van der Waals surface area contributed by atoms with Crippen LogP contribution >= 0.6 is 0 Å². The fraction of sp³-hybridized carbons (Fsp3) is 0.636. The number of rotatable bonds is 5. The minimum Gasteiger partial charge on any atom is -0.445 e. The summed E-state index contributed by atoms with van der Waals surface area (Å²) in [6.07, 6.45) is 0.314. The normalized spacial score (nSPS) is 19.2. The summed E-state index contributed by atoms with van der Waals surface area (Å²) in [5.74, 6) is 0. The van der Waals surface area contributed by atoms with Crippen LogP contribution in [0.25, 0.3) is 0 Å². The third kappa shape index (κ3) is 6.32. The molecule has 1 aromatic rings. The summed E-state index contributed by atoms with van der Waals surface area (Å²) in [5.41, 5.74) is -1.20. The number of alkyl halides is 1. The molecule has 0 aliphatic carbocycles. The first-order valence-electron chi connectivity index (χ1n) is 10.4. The molecular weight excluding hydrogens is 391 g/mol. The molecule has 0 N–H and O–H groups in total. The molecule has 0 bridgehead atoms. The average molecular weight is 422 g/mol. The van der Waals surface area contributed by atoms with Crippen molar-refractivity contribution >= 4 is 12.2 Å². The van der Waals surface area contributed by atoms with Gasteiger partial charge in [-0.15, -0.1) is 0 Å². The topological polar surface area (TPSA) is 68.3 Å². The van der Waals surface area contributed by atoms with E-state index in [1.807, 2.05) is 30.3 Å². The molecule has 7 nitrogen and oxygen atoms in total. The fourth-order valence-corrected chi connectivity index (χ4v) is 3.47. The van der Waals surface area contributed by atoms with Crippen LogP contribution in [-0.4, -0.2) is 72.1 Å². The van der Waals surface area contributed by atoms with Crippen molar-refractivity contribution in [1.82, 2.24) is 9.80 Å². The standard InChI is InChI=1S/C22H31FN2O5/c1-21(2,3)30-20(27)25-14-22(23,15-25)16-29-18-9-11-24(12-10-18)19(26)28-13-17-7-5-4-6-8-17/h4-8,18H,9-16H2,1-3H3. The molecule has 2 saturated heterocycles. The summed E-state index contributed by atoms with van der Waals surface area (Å²) in [6, 6.07) is 9.53. The predicted octanol–water partition coefficient (Wildman–Crippen LogP) is 3.76.